The minimum atomic E-state index is -4.26. The molecule has 0 fully saturated rings. The lowest BCUT2D eigenvalue weighted by molar-refractivity contribution is -0.115. The molecule has 0 atom stereocenters. The van der Waals surface area contributed by atoms with Gasteiger partial charge in [0.2, 0.25) is 0 Å². The summed E-state index contributed by atoms with van der Waals surface area (Å²) in [5.41, 5.74) is 1.61. The normalized spacial score (nSPS) is 15.4. The molecule has 0 amide bonds. The van der Waals surface area contributed by atoms with E-state index in [9.17, 15) is 13.2 Å². The summed E-state index contributed by atoms with van der Waals surface area (Å²) in [6, 6.07) is 1.84. The van der Waals surface area contributed by atoms with E-state index in [0.717, 1.165) is 18.7 Å². The highest BCUT2D eigenvalue weighted by atomic mass is 19.4. The molecule has 2 N–H and O–H groups in total. The number of halogens is 3. The average Bonchev–Trinajstić information content (AvgIpc) is 2.90. The molecular weight excluding hydrogens is 309 g/mol. The van der Waals surface area contributed by atoms with E-state index in [1.807, 2.05) is 23.4 Å². The lowest BCUT2D eigenvalue weighted by atomic mass is 10.2. The Balaban J connectivity index is 1.95. The van der Waals surface area contributed by atoms with Crippen LogP contribution in [0.1, 0.15) is 17.5 Å². The maximum absolute atomic E-state index is 12.2. The molecule has 0 unspecified atom stereocenters. The fourth-order valence-electron chi connectivity index (χ4n) is 2.39. The van der Waals surface area contributed by atoms with E-state index in [0.29, 0.717) is 18.5 Å². The van der Waals surface area contributed by atoms with Crippen molar-refractivity contribution in [2.75, 3.05) is 31.6 Å². The number of hydrogen-bond acceptors (Lipinski definition) is 5. The smallest absolute Gasteiger partial charge is 0.396 e. The highest BCUT2D eigenvalue weighted by molar-refractivity contribution is 5.44. The standard InChI is InChI=1S/C15H21F3N4O/c1-12-8-13(9-19-14(12)20-11-15(16,17)18)10-22-5-2-4-21(22)6-3-7-23/h2,4,8-9,23H,3,5-7,10-11H2,1H3,(H,19,20). The van der Waals surface area contributed by atoms with Crippen LogP contribution < -0.4 is 5.32 Å². The number of alkyl halides is 3. The van der Waals surface area contributed by atoms with E-state index >= 15 is 0 Å². The first kappa shape index (κ1) is 17.6. The Morgan fingerprint density at radius 2 is 2.17 bits per heavy atom. The Morgan fingerprint density at radius 1 is 1.39 bits per heavy atom. The van der Waals surface area contributed by atoms with Gasteiger partial charge in [-0.05, 0) is 30.5 Å². The van der Waals surface area contributed by atoms with Crippen LogP contribution in [0.4, 0.5) is 19.0 Å². The maximum atomic E-state index is 12.2. The van der Waals surface area contributed by atoms with Gasteiger partial charge in [-0.2, -0.15) is 13.2 Å². The highest BCUT2D eigenvalue weighted by Crippen LogP contribution is 2.20. The number of aromatic nitrogens is 1. The van der Waals surface area contributed by atoms with E-state index in [-0.39, 0.29) is 12.4 Å². The van der Waals surface area contributed by atoms with E-state index in [1.165, 1.54) is 0 Å². The summed E-state index contributed by atoms with van der Waals surface area (Å²) in [6.07, 6.45) is 2.00. The molecule has 1 aliphatic heterocycles. The number of aliphatic hydroxyl groups excluding tert-OH is 1. The van der Waals surface area contributed by atoms with Crippen molar-refractivity contribution >= 4 is 5.82 Å². The zero-order chi connectivity index (χ0) is 16.9. The van der Waals surface area contributed by atoms with Crippen LogP contribution in [0.25, 0.3) is 0 Å². The van der Waals surface area contributed by atoms with Crippen molar-refractivity contribution in [1.82, 2.24) is 15.0 Å². The predicted molar refractivity (Wildman–Crippen MR) is 81.5 cm³/mol. The SMILES string of the molecule is Cc1cc(CN2CC=CN2CCCO)cnc1NCC(F)(F)F. The van der Waals surface area contributed by atoms with Crippen LogP contribution in [0.2, 0.25) is 0 Å². The topological polar surface area (TPSA) is 51.6 Å². The summed E-state index contributed by atoms with van der Waals surface area (Å²) in [4.78, 5) is 4.09. The van der Waals surface area contributed by atoms with E-state index in [4.69, 9.17) is 5.11 Å². The number of pyridine rings is 1. The van der Waals surface area contributed by atoms with E-state index in [1.54, 1.807) is 13.1 Å². The third kappa shape index (κ3) is 5.40. The van der Waals surface area contributed by atoms with Crippen molar-refractivity contribution in [3.63, 3.8) is 0 Å². The van der Waals surface area contributed by atoms with Crippen molar-refractivity contribution < 1.29 is 18.3 Å². The second-order valence-electron chi connectivity index (χ2n) is 5.45. The van der Waals surface area contributed by atoms with Gasteiger partial charge in [0.15, 0.2) is 0 Å². The van der Waals surface area contributed by atoms with Gasteiger partial charge in [-0.1, -0.05) is 6.08 Å². The van der Waals surface area contributed by atoms with Crippen LogP contribution >= 0.6 is 0 Å². The van der Waals surface area contributed by atoms with Gasteiger partial charge in [0.25, 0.3) is 0 Å². The van der Waals surface area contributed by atoms with E-state index < -0.39 is 12.7 Å². The molecular formula is C15H21F3N4O. The summed E-state index contributed by atoms with van der Waals surface area (Å²) in [5, 5.41) is 15.3. The third-order valence-corrected chi connectivity index (χ3v) is 3.46. The number of hydrazine groups is 1. The summed E-state index contributed by atoms with van der Waals surface area (Å²) in [6.45, 7) is 2.89. The Morgan fingerprint density at radius 3 is 2.83 bits per heavy atom. The summed E-state index contributed by atoms with van der Waals surface area (Å²) in [7, 11) is 0. The molecule has 0 saturated heterocycles. The van der Waals surface area contributed by atoms with Crippen LogP contribution in [-0.4, -0.2) is 52.5 Å². The van der Waals surface area contributed by atoms with Crippen molar-refractivity contribution in [2.24, 2.45) is 0 Å². The fourth-order valence-corrected chi connectivity index (χ4v) is 2.39. The number of anilines is 1. The molecule has 1 aromatic rings. The fraction of sp³-hybridized carbons (Fsp3) is 0.533. The van der Waals surface area contributed by atoms with Crippen molar-refractivity contribution in [1.29, 1.82) is 0 Å². The largest absolute Gasteiger partial charge is 0.405 e. The molecule has 2 rings (SSSR count). The first-order valence-corrected chi connectivity index (χ1v) is 7.44. The van der Waals surface area contributed by atoms with Gasteiger partial charge < -0.3 is 15.4 Å². The quantitative estimate of drug-likeness (QED) is 0.803. The van der Waals surface area contributed by atoms with Crippen LogP contribution in [0.15, 0.2) is 24.5 Å². The Hall–Kier alpha value is -1.80. The van der Waals surface area contributed by atoms with Gasteiger partial charge in [-0.25, -0.2) is 9.99 Å². The second-order valence-corrected chi connectivity index (χ2v) is 5.45. The van der Waals surface area contributed by atoms with Crippen LogP contribution in [0.5, 0.6) is 0 Å². The lowest BCUT2D eigenvalue weighted by Gasteiger charge is -2.29. The molecule has 128 valence electrons. The van der Waals surface area contributed by atoms with Crippen LogP contribution in [0.3, 0.4) is 0 Å². The predicted octanol–water partition coefficient (Wildman–Crippen LogP) is 2.29. The van der Waals surface area contributed by atoms with Gasteiger partial charge in [0.05, 0.1) is 0 Å². The summed E-state index contributed by atoms with van der Waals surface area (Å²) in [5.74, 6) is 0.253. The Bertz CT molecular complexity index is 548. The van der Waals surface area contributed by atoms with Gasteiger partial charge in [0.1, 0.15) is 12.4 Å². The highest BCUT2D eigenvalue weighted by Gasteiger charge is 2.27. The molecule has 8 heteroatoms. The number of aryl methyl sites for hydroxylation is 1. The average molecular weight is 330 g/mol. The first-order valence-electron chi connectivity index (χ1n) is 7.44. The molecule has 1 aromatic heterocycles. The van der Waals surface area contributed by atoms with Crippen molar-refractivity contribution in [3.05, 3.63) is 35.7 Å². The lowest BCUT2D eigenvalue weighted by Crippen LogP contribution is -2.35. The van der Waals surface area contributed by atoms with Gasteiger partial charge in [-0.3, -0.25) is 0 Å². The summed E-state index contributed by atoms with van der Waals surface area (Å²) >= 11 is 0. The monoisotopic (exact) mass is 330 g/mol. The van der Waals surface area contributed by atoms with Gasteiger partial charge >= 0.3 is 6.18 Å². The van der Waals surface area contributed by atoms with Crippen LogP contribution in [-0.2, 0) is 6.54 Å². The van der Waals surface area contributed by atoms with E-state index in [2.05, 4.69) is 15.3 Å². The Labute approximate surface area is 133 Å². The molecule has 0 aromatic carbocycles. The first-order chi connectivity index (χ1) is 10.9. The molecule has 23 heavy (non-hydrogen) atoms. The number of aliphatic hydroxyl groups is 1. The minimum absolute atomic E-state index is 0.137. The minimum Gasteiger partial charge on any atom is -0.396 e. The van der Waals surface area contributed by atoms with Crippen LogP contribution in [0, 0.1) is 6.92 Å². The molecule has 1 aliphatic rings. The molecule has 0 spiro atoms. The second kappa shape index (κ2) is 7.65. The number of rotatable bonds is 7. The molecule has 0 saturated carbocycles. The third-order valence-electron chi connectivity index (χ3n) is 3.46. The Kier molecular flexibility index (Phi) is 5.84. The number of nitrogens with one attached hydrogen (secondary N) is 1. The maximum Gasteiger partial charge on any atom is 0.405 e. The molecule has 0 aliphatic carbocycles. The summed E-state index contributed by atoms with van der Waals surface area (Å²) < 4.78 is 36.7. The molecule has 5 nitrogen and oxygen atoms in total. The zero-order valence-corrected chi connectivity index (χ0v) is 13.0. The molecule has 0 bridgehead atoms. The van der Waals surface area contributed by atoms with Crippen molar-refractivity contribution in [2.45, 2.75) is 26.1 Å². The molecule has 2 heterocycles. The number of nitrogens with zero attached hydrogens (tertiary/aromatic N) is 3. The van der Waals surface area contributed by atoms with Gasteiger partial charge in [-0.15, -0.1) is 0 Å². The van der Waals surface area contributed by atoms with Crippen molar-refractivity contribution in [3.8, 4) is 0 Å². The number of hydrogen-bond donors (Lipinski definition) is 2. The van der Waals surface area contributed by atoms with Gasteiger partial charge in [0, 0.05) is 38.6 Å². The molecule has 0 radical (unpaired) electrons. The zero-order valence-electron chi connectivity index (χ0n) is 13.0.